The molecule has 2 nitrogen and oxygen atoms in total. The molecule has 2 heterocycles. The lowest BCUT2D eigenvalue weighted by Gasteiger charge is -2.13. The molecule has 0 aliphatic rings. The summed E-state index contributed by atoms with van der Waals surface area (Å²) in [6.07, 6.45) is 1.93. The van der Waals surface area contributed by atoms with E-state index in [-0.39, 0.29) is 11.9 Å². The molecule has 3 N–H and O–H groups in total. The van der Waals surface area contributed by atoms with Gasteiger partial charge >= 0.3 is 0 Å². The van der Waals surface area contributed by atoms with Crippen LogP contribution in [0.2, 0.25) is 0 Å². The van der Waals surface area contributed by atoms with Crippen molar-refractivity contribution in [2.24, 2.45) is 5.84 Å². The van der Waals surface area contributed by atoms with E-state index in [1.165, 1.54) is 10.9 Å². The minimum Gasteiger partial charge on any atom is -0.271 e. The number of aryl methyl sites for hydroxylation is 1. The van der Waals surface area contributed by atoms with Gasteiger partial charge in [0.1, 0.15) is 5.82 Å². The zero-order valence-electron chi connectivity index (χ0n) is 10.8. The van der Waals surface area contributed by atoms with Crippen LogP contribution in [0.1, 0.15) is 22.2 Å². The minimum atomic E-state index is -0.193. The molecule has 0 aliphatic carbocycles. The maximum Gasteiger partial charge on any atom is 0.124 e. The Morgan fingerprint density at radius 2 is 2.15 bits per heavy atom. The van der Waals surface area contributed by atoms with Crippen LogP contribution in [0.3, 0.4) is 0 Å². The number of benzene rings is 1. The van der Waals surface area contributed by atoms with Gasteiger partial charge in [-0.05, 0) is 47.9 Å². The summed E-state index contributed by atoms with van der Waals surface area (Å²) in [6.45, 7) is 0. The molecule has 0 saturated heterocycles. The van der Waals surface area contributed by atoms with Crippen molar-refractivity contribution in [1.82, 2.24) is 5.43 Å². The molecule has 0 amide bonds. The topological polar surface area (TPSA) is 38.0 Å². The van der Waals surface area contributed by atoms with Gasteiger partial charge in [-0.25, -0.2) is 4.39 Å². The first kappa shape index (κ1) is 13.7. The van der Waals surface area contributed by atoms with E-state index >= 15 is 0 Å². The zero-order valence-corrected chi connectivity index (χ0v) is 12.4. The second-order valence-corrected chi connectivity index (χ2v) is 6.82. The van der Waals surface area contributed by atoms with Crippen LogP contribution in [-0.2, 0) is 6.42 Å². The van der Waals surface area contributed by atoms with Crippen LogP contribution in [0, 0.1) is 5.82 Å². The first-order valence-electron chi connectivity index (χ1n) is 6.44. The fourth-order valence-corrected chi connectivity index (χ4v) is 4.16. The summed E-state index contributed by atoms with van der Waals surface area (Å²) in [5.74, 6) is 5.49. The van der Waals surface area contributed by atoms with E-state index in [9.17, 15) is 4.39 Å². The van der Waals surface area contributed by atoms with Gasteiger partial charge in [0, 0.05) is 14.5 Å². The van der Waals surface area contributed by atoms with E-state index in [1.54, 1.807) is 28.7 Å². The largest absolute Gasteiger partial charge is 0.271 e. The second kappa shape index (κ2) is 6.01. The lowest BCUT2D eigenvalue weighted by molar-refractivity contribution is 0.526. The third-order valence-electron chi connectivity index (χ3n) is 3.31. The lowest BCUT2D eigenvalue weighted by Crippen LogP contribution is -2.27. The predicted octanol–water partition coefficient (Wildman–Crippen LogP) is 4.24. The molecule has 3 rings (SSSR count). The first-order chi connectivity index (χ1) is 9.76. The van der Waals surface area contributed by atoms with E-state index in [0.717, 1.165) is 27.8 Å². The van der Waals surface area contributed by atoms with Crippen LogP contribution >= 0.6 is 22.7 Å². The Morgan fingerprint density at radius 1 is 1.25 bits per heavy atom. The Balaban J connectivity index is 1.79. The van der Waals surface area contributed by atoms with Gasteiger partial charge in [-0.1, -0.05) is 12.1 Å². The number of thiophene rings is 2. The monoisotopic (exact) mass is 306 g/mol. The van der Waals surface area contributed by atoms with Crippen molar-refractivity contribution in [2.45, 2.75) is 18.9 Å². The number of halogens is 1. The van der Waals surface area contributed by atoms with Crippen molar-refractivity contribution in [3.63, 3.8) is 0 Å². The van der Waals surface area contributed by atoms with Crippen LogP contribution in [-0.4, -0.2) is 0 Å². The summed E-state index contributed by atoms with van der Waals surface area (Å²) in [7, 11) is 0. The average molecular weight is 306 g/mol. The molecule has 1 aromatic carbocycles. The van der Waals surface area contributed by atoms with Crippen molar-refractivity contribution in [2.75, 3.05) is 0 Å². The average Bonchev–Trinajstić information content (AvgIpc) is 3.08. The van der Waals surface area contributed by atoms with E-state index in [2.05, 4.69) is 29.0 Å². The molecule has 1 unspecified atom stereocenters. The molecule has 0 spiro atoms. The van der Waals surface area contributed by atoms with Crippen molar-refractivity contribution < 1.29 is 4.39 Å². The molecule has 0 bridgehead atoms. The van der Waals surface area contributed by atoms with E-state index < -0.39 is 0 Å². The van der Waals surface area contributed by atoms with Gasteiger partial charge in [0.15, 0.2) is 0 Å². The van der Waals surface area contributed by atoms with Crippen molar-refractivity contribution in [1.29, 1.82) is 0 Å². The Labute approximate surface area is 125 Å². The smallest absolute Gasteiger partial charge is 0.124 e. The zero-order chi connectivity index (χ0) is 13.9. The van der Waals surface area contributed by atoms with Gasteiger partial charge in [-0.15, -0.1) is 22.7 Å². The van der Waals surface area contributed by atoms with Crippen LogP contribution in [0.4, 0.5) is 4.39 Å². The highest BCUT2D eigenvalue weighted by Crippen LogP contribution is 2.32. The maximum absolute atomic E-state index is 13.2. The van der Waals surface area contributed by atoms with Crippen LogP contribution < -0.4 is 11.3 Å². The van der Waals surface area contributed by atoms with Gasteiger partial charge in [0.05, 0.1) is 6.04 Å². The Bertz CT molecular complexity index is 691. The summed E-state index contributed by atoms with van der Waals surface area (Å²) >= 11 is 3.37. The summed E-state index contributed by atoms with van der Waals surface area (Å²) in [4.78, 5) is 2.52. The molecule has 0 aliphatic heterocycles. The number of hydrogen-bond donors (Lipinski definition) is 2. The molecule has 5 heteroatoms. The highest BCUT2D eigenvalue weighted by atomic mass is 32.1. The molecule has 104 valence electrons. The third kappa shape index (κ3) is 2.91. The van der Waals surface area contributed by atoms with E-state index in [1.807, 2.05) is 6.07 Å². The second-order valence-electron chi connectivity index (χ2n) is 4.67. The van der Waals surface area contributed by atoms with Crippen molar-refractivity contribution >= 4 is 32.8 Å². The molecular formula is C15H15FN2S2. The molecular weight excluding hydrogens is 291 g/mol. The van der Waals surface area contributed by atoms with Crippen LogP contribution in [0.5, 0.6) is 0 Å². The van der Waals surface area contributed by atoms with Gasteiger partial charge < -0.3 is 0 Å². The molecule has 1 atom stereocenters. The van der Waals surface area contributed by atoms with Gasteiger partial charge in [0.2, 0.25) is 0 Å². The van der Waals surface area contributed by atoms with Crippen LogP contribution in [0.15, 0.2) is 41.8 Å². The lowest BCUT2D eigenvalue weighted by atomic mass is 10.1. The standard InChI is InChI=1S/C15H15FN2S2/c16-11-4-3-10-8-15(20-14(10)9-11)13(18-17)6-5-12-2-1-7-19-12/h1-4,7-9,13,18H,5-6,17H2. The molecule has 20 heavy (non-hydrogen) atoms. The fraction of sp³-hybridized carbons (Fsp3) is 0.200. The van der Waals surface area contributed by atoms with Gasteiger partial charge in [-0.2, -0.15) is 0 Å². The maximum atomic E-state index is 13.2. The van der Waals surface area contributed by atoms with E-state index in [4.69, 9.17) is 5.84 Å². The Morgan fingerprint density at radius 3 is 2.90 bits per heavy atom. The van der Waals surface area contributed by atoms with E-state index in [0.29, 0.717) is 0 Å². The van der Waals surface area contributed by atoms with Gasteiger partial charge in [-0.3, -0.25) is 11.3 Å². The quantitative estimate of drug-likeness (QED) is 0.546. The Kier molecular flexibility index (Phi) is 4.12. The normalized spacial score (nSPS) is 12.9. The summed E-state index contributed by atoms with van der Waals surface area (Å²) in [5, 5.41) is 3.16. The van der Waals surface area contributed by atoms with Gasteiger partial charge in [0.25, 0.3) is 0 Å². The number of hydrogen-bond acceptors (Lipinski definition) is 4. The highest BCUT2D eigenvalue weighted by molar-refractivity contribution is 7.19. The summed E-state index contributed by atoms with van der Waals surface area (Å²) < 4.78 is 14.2. The number of nitrogens with one attached hydrogen (secondary N) is 1. The molecule has 2 aromatic heterocycles. The SMILES string of the molecule is NNC(CCc1cccs1)c1cc2ccc(F)cc2s1. The predicted molar refractivity (Wildman–Crippen MR) is 84.5 cm³/mol. The molecule has 3 aromatic rings. The summed E-state index contributed by atoms with van der Waals surface area (Å²) in [6, 6.07) is 11.3. The molecule has 0 radical (unpaired) electrons. The number of fused-ring (bicyclic) bond motifs is 1. The Hall–Kier alpha value is -1.27. The fourth-order valence-electron chi connectivity index (χ4n) is 2.25. The third-order valence-corrected chi connectivity index (χ3v) is 5.45. The minimum absolute atomic E-state index is 0.109. The van der Waals surface area contributed by atoms with Crippen LogP contribution in [0.25, 0.3) is 10.1 Å². The first-order valence-corrected chi connectivity index (χ1v) is 8.13. The number of hydrazine groups is 1. The number of nitrogens with two attached hydrogens (primary N) is 1. The highest BCUT2D eigenvalue weighted by Gasteiger charge is 2.13. The molecule has 0 saturated carbocycles. The molecule has 0 fully saturated rings. The number of rotatable bonds is 5. The summed E-state index contributed by atoms with van der Waals surface area (Å²) in [5.41, 5.74) is 2.88. The van der Waals surface area contributed by atoms with Crippen molar-refractivity contribution in [3.8, 4) is 0 Å². The van der Waals surface area contributed by atoms with Crippen molar-refractivity contribution in [3.05, 3.63) is 57.3 Å².